The Bertz CT molecular complexity index is 676. The lowest BCUT2D eigenvalue weighted by atomic mass is 10.1. The highest BCUT2D eigenvalue weighted by atomic mass is 79.9. The van der Waals surface area contributed by atoms with Gasteiger partial charge in [-0.3, -0.25) is 14.5 Å². The van der Waals surface area contributed by atoms with E-state index in [1.807, 2.05) is 0 Å². The Balaban J connectivity index is 2.41. The van der Waals surface area contributed by atoms with Crippen molar-refractivity contribution in [1.82, 2.24) is 0 Å². The molecule has 0 bridgehead atoms. The molecule has 0 unspecified atom stereocenters. The molecule has 21 heavy (non-hydrogen) atoms. The zero-order chi connectivity index (χ0) is 15.4. The van der Waals surface area contributed by atoms with Gasteiger partial charge in [0.05, 0.1) is 5.56 Å². The van der Waals surface area contributed by atoms with Gasteiger partial charge in [0.25, 0.3) is 5.91 Å². The molecule has 0 saturated carbocycles. The molecule has 1 amide bonds. The van der Waals surface area contributed by atoms with E-state index in [-0.39, 0.29) is 5.56 Å². The Morgan fingerprint density at radius 2 is 1.81 bits per heavy atom. The van der Waals surface area contributed by atoms with Gasteiger partial charge in [0.15, 0.2) is 0 Å². The molecular weight excluding hydrogens is 341 g/mol. The quantitative estimate of drug-likeness (QED) is 0.919. The zero-order valence-electron chi connectivity index (χ0n) is 10.8. The molecule has 0 aliphatic carbocycles. The Kier molecular flexibility index (Phi) is 4.70. The van der Waals surface area contributed by atoms with Crippen LogP contribution in [0.25, 0.3) is 0 Å². The van der Waals surface area contributed by atoms with Crippen LogP contribution in [0.2, 0.25) is 0 Å². The van der Waals surface area contributed by atoms with Gasteiger partial charge in [0.2, 0.25) is 0 Å². The molecule has 0 fully saturated rings. The van der Waals surface area contributed by atoms with E-state index in [0.717, 1.165) is 11.0 Å². The molecule has 0 aliphatic rings. The number of hydrogen-bond acceptors (Lipinski definition) is 2. The van der Waals surface area contributed by atoms with Gasteiger partial charge in [-0.05, 0) is 30.3 Å². The number of amides is 1. The van der Waals surface area contributed by atoms with Gasteiger partial charge in [-0.2, -0.15) is 0 Å². The van der Waals surface area contributed by atoms with E-state index in [9.17, 15) is 14.0 Å². The molecule has 0 saturated heterocycles. The molecule has 0 atom stereocenters. The second-order valence-electron chi connectivity index (χ2n) is 4.24. The van der Waals surface area contributed by atoms with Gasteiger partial charge >= 0.3 is 5.97 Å². The van der Waals surface area contributed by atoms with Crippen molar-refractivity contribution in [2.24, 2.45) is 0 Å². The summed E-state index contributed by atoms with van der Waals surface area (Å²) in [6.07, 6.45) is 0. The lowest BCUT2D eigenvalue weighted by Gasteiger charge is -2.21. The largest absolute Gasteiger partial charge is 0.480 e. The Morgan fingerprint density at radius 3 is 2.38 bits per heavy atom. The molecule has 0 aromatic heterocycles. The van der Waals surface area contributed by atoms with E-state index < -0.39 is 24.2 Å². The Labute approximate surface area is 128 Å². The summed E-state index contributed by atoms with van der Waals surface area (Å²) < 4.78 is 14.4. The highest BCUT2D eigenvalue weighted by Gasteiger charge is 2.22. The smallest absolute Gasteiger partial charge is 0.323 e. The van der Waals surface area contributed by atoms with Crippen LogP contribution in [0.3, 0.4) is 0 Å². The van der Waals surface area contributed by atoms with Crippen LogP contribution in [0, 0.1) is 5.82 Å². The van der Waals surface area contributed by atoms with Crippen LogP contribution in [-0.2, 0) is 4.79 Å². The number of carbonyl (C=O) groups excluding carboxylic acids is 1. The number of halogens is 2. The van der Waals surface area contributed by atoms with Crippen LogP contribution in [0.5, 0.6) is 0 Å². The van der Waals surface area contributed by atoms with Crippen LogP contribution < -0.4 is 4.90 Å². The minimum absolute atomic E-state index is 0.177. The van der Waals surface area contributed by atoms with Crippen molar-refractivity contribution >= 4 is 33.5 Å². The van der Waals surface area contributed by atoms with Gasteiger partial charge in [0, 0.05) is 10.2 Å². The highest BCUT2D eigenvalue weighted by Crippen LogP contribution is 2.20. The number of carboxylic acid groups (broad SMARTS) is 1. The summed E-state index contributed by atoms with van der Waals surface area (Å²) in [6, 6.07) is 12.3. The monoisotopic (exact) mass is 351 g/mol. The van der Waals surface area contributed by atoms with Crippen LogP contribution in [0.4, 0.5) is 10.1 Å². The predicted molar refractivity (Wildman–Crippen MR) is 79.9 cm³/mol. The van der Waals surface area contributed by atoms with Crippen molar-refractivity contribution in [3.63, 3.8) is 0 Å². The number of aliphatic carboxylic acids is 1. The number of benzene rings is 2. The second kappa shape index (κ2) is 6.49. The van der Waals surface area contributed by atoms with Crippen molar-refractivity contribution in [3.8, 4) is 0 Å². The maximum atomic E-state index is 13.9. The molecule has 108 valence electrons. The van der Waals surface area contributed by atoms with E-state index in [2.05, 4.69) is 15.9 Å². The van der Waals surface area contributed by atoms with Crippen molar-refractivity contribution in [3.05, 3.63) is 64.4 Å². The first kappa shape index (κ1) is 15.2. The third-order valence-electron chi connectivity index (χ3n) is 2.77. The lowest BCUT2D eigenvalue weighted by molar-refractivity contribution is -0.135. The van der Waals surface area contributed by atoms with Gasteiger partial charge in [0.1, 0.15) is 12.4 Å². The van der Waals surface area contributed by atoms with E-state index in [0.29, 0.717) is 10.2 Å². The van der Waals surface area contributed by atoms with Crippen LogP contribution in [-0.4, -0.2) is 23.5 Å². The summed E-state index contributed by atoms with van der Waals surface area (Å²) in [6.45, 7) is -0.543. The molecule has 1 N–H and O–H groups in total. The van der Waals surface area contributed by atoms with Gasteiger partial charge in [-0.15, -0.1) is 0 Å². The first-order valence-electron chi connectivity index (χ1n) is 6.03. The van der Waals surface area contributed by atoms with E-state index in [1.54, 1.807) is 30.3 Å². The summed E-state index contributed by atoms with van der Waals surface area (Å²) >= 11 is 3.11. The van der Waals surface area contributed by atoms with Crippen LogP contribution in [0.1, 0.15) is 10.4 Å². The maximum Gasteiger partial charge on any atom is 0.323 e. The van der Waals surface area contributed by atoms with E-state index >= 15 is 0 Å². The molecule has 0 aliphatic heterocycles. The number of anilines is 1. The normalized spacial score (nSPS) is 10.2. The summed E-state index contributed by atoms with van der Waals surface area (Å²) in [7, 11) is 0. The maximum absolute atomic E-state index is 13.9. The summed E-state index contributed by atoms with van der Waals surface area (Å²) in [5.74, 6) is -2.58. The van der Waals surface area contributed by atoms with Crippen molar-refractivity contribution < 1.29 is 19.1 Å². The minimum atomic E-state index is -1.18. The molecule has 0 radical (unpaired) electrons. The minimum Gasteiger partial charge on any atom is -0.480 e. The fraction of sp³-hybridized carbons (Fsp3) is 0.0667. The van der Waals surface area contributed by atoms with Crippen molar-refractivity contribution in [2.75, 3.05) is 11.4 Å². The number of para-hydroxylation sites is 1. The van der Waals surface area contributed by atoms with E-state index in [4.69, 9.17) is 5.11 Å². The van der Waals surface area contributed by atoms with Crippen LogP contribution >= 0.6 is 15.9 Å². The summed E-state index contributed by atoms with van der Waals surface area (Å²) in [4.78, 5) is 24.4. The molecule has 2 aromatic carbocycles. The van der Waals surface area contributed by atoms with Crippen LogP contribution in [0.15, 0.2) is 53.0 Å². The summed E-state index contributed by atoms with van der Waals surface area (Å²) in [5, 5.41) is 8.96. The highest BCUT2D eigenvalue weighted by molar-refractivity contribution is 9.10. The average molecular weight is 352 g/mol. The van der Waals surface area contributed by atoms with Crippen molar-refractivity contribution in [2.45, 2.75) is 0 Å². The number of nitrogens with zero attached hydrogens (tertiary/aromatic N) is 1. The Hall–Kier alpha value is -2.21. The SMILES string of the molecule is O=C(O)CN(C(=O)c1ccc(Br)cc1F)c1ccccc1. The zero-order valence-corrected chi connectivity index (χ0v) is 12.4. The predicted octanol–water partition coefficient (Wildman–Crippen LogP) is 3.32. The Morgan fingerprint density at radius 1 is 1.14 bits per heavy atom. The fourth-order valence-electron chi connectivity index (χ4n) is 1.83. The van der Waals surface area contributed by atoms with Crippen molar-refractivity contribution in [1.29, 1.82) is 0 Å². The molecule has 4 nitrogen and oxygen atoms in total. The first-order valence-corrected chi connectivity index (χ1v) is 6.82. The fourth-order valence-corrected chi connectivity index (χ4v) is 2.17. The standard InChI is InChI=1S/C15H11BrFNO3/c16-10-6-7-12(13(17)8-10)15(21)18(9-14(19)20)11-4-2-1-3-5-11/h1-8H,9H2,(H,19,20). The number of hydrogen-bond donors (Lipinski definition) is 1. The van der Waals surface area contributed by atoms with Gasteiger partial charge in [-0.1, -0.05) is 34.1 Å². The molecule has 0 heterocycles. The molecule has 2 aromatic rings. The summed E-state index contributed by atoms with van der Waals surface area (Å²) in [5.41, 5.74) is 0.218. The number of rotatable bonds is 4. The third-order valence-corrected chi connectivity index (χ3v) is 3.26. The van der Waals surface area contributed by atoms with Gasteiger partial charge < -0.3 is 5.11 Å². The first-order chi connectivity index (χ1) is 9.99. The van der Waals surface area contributed by atoms with Gasteiger partial charge in [-0.25, -0.2) is 4.39 Å². The lowest BCUT2D eigenvalue weighted by Crippen LogP contribution is -2.36. The molecule has 6 heteroatoms. The second-order valence-corrected chi connectivity index (χ2v) is 5.16. The van der Waals surface area contributed by atoms with E-state index in [1.165, 1.54) is 12.1 Å². The molecule has 2 rings (SSSR count). The average Bonchev–Trinajstić information content (AvgIpc) is 2.45. The molecule has 0 spiro atoms. The molecular formula is C15H11BrFNO3. The number of carbonyl (C=O) groups is 2. The topological polar surface area (TPSA) is 57.6 Å². The third kappa shape index (κ3) is 3.66. The number of carboxylic acids is 1.